The molecule has 2 aromatic rings. The summed E-state index contributed by atoms with van der Waals surface area (Å²) in [7, 11) is 0. The van der Waals surface area contributed by atoms with E-state index in [9.17, 15) is 13.2 Å². The molecule has 0 atom stereocenters. The van der Waals surface area contributed by atoms with Crippen molar-refractivity contribution in [1.29, 1.82) is 0 Å². The van der Waals surface area contributed by atoms with Crippen molar-refractivity contribution in [3.8, 4) is 5.82 Å². The summed E-state index contributed by atoms with van der Waals surface area (Å²) in [4.78, 5) is 4.03. The SMILES string of the molecule is Cc1ccnc(-n2ccc(C(F)(F)F)n2)c1CN. The van der Waals surface area contributed by atoms with Gasteiger partial charge in [0.05, 0.1) is 0 Å². The van der Waals surface area contributed by atoms with Crippen LogP contribution in [0.2, 0.25) is 0 Å². The molecule has 0 aromatic carbocycles. The van der Waals surface area contributed by atoms with Crippen LogP contribution in [0.15, 0.2) is 24.5 Å². The molecule has 0 saturated carbocycles. The molecule has 0 saturated heterocycles. The molecule has 96 valence electrons. The van der Waals surface area contributed by atoms with Crippen LogP contribution in [0.1, 0.15) is 16.8 Å². The molecule has 0 fully saturated rings. The maximum absolute atomic E-state index is 12.5. The van der Waals surface area contributed by atoms with Gasteiger partial charge < -0.3 is 5.73 Å². The fraction of sp³-hybridized carbons (Fsp3) is 0.273. The van der Waals surface area contributed by atoms with Crippen molar-refractivity contribution in [3.63, 3.8) is 0 Å². The number of pyridine rings is 1. The highest BCUT2D eigenvalue weighted by atomic mass is 19.4. The zero-order chi connectivity index (χ0) is 13.3. The standard InChI is InChI=1S/C11H11F3N4/c1-7-2-4-16-10(8(7)6-15)18-5-3-9(17-18)11(12,13)14/h2-5H,6,15H2,1H3. The molecule has 18 heavy (non-hydrogen) atoms. The van der Waals surface area contributed by atoms with E-state index in [1.165, 1.54) is 12.4 Å². The van der Waals surface area contributed by atoms with Crippen molar-refractivity contribution in [3.05, 3.63) is 41.3 Å². The number of hydrogen-bond donors (Lipinski definition) is 1. The second-order valence-electron chi connectivity index (χ2n) is 3.78. The smallest absolute Gasteiger partial charge is 0.326 e. The third-order valence-corrected chi connectivity index (χ3v) is 2.57. The Kier molecular flexibility index (Phi) is 3.08. The Balaban J connectivity index is 2.50. The maximum Gasteiger partial charge on any atom is 0.435 e. The van der Waals surface area contributed by atoms with Crippen molar-refractivity contribution in [1.82, 2.24) is 14.8 Å². The van der Waals surface area contributed by atoms with Gasteiger partial charge in [-0.25, -0.2) is 9.67 Å². The van der Waals surface area contributed by atoms with Gasteiger partial charge in [-0.1, -0.05) is 0 Å². The monoisotopic (exact) mass is 256 g/mol. The van der Waals surface area contributed by atoms with E-state index in [2.05, 4.69) is 10.1 Å². The van der Waals surface area contributed by atoms with Gasteiger partial charge in [0.1, 0.15) is 0 Å². The van der Waals surface area contributed by atoms with Gasteiger partial charge in [-0.15, -0.1) is 0 Å². The molecule has 0 aliphatic rings. The van der Waals surface area contributed by atoms with E-state index in [1.54, 1.807) is 6.07 Å². The normalized spacial score (nSPS) is 11.8. The molecule has 0 amide bonds. The lowest BCUT2D eigenvalue weighted by molar-refractivity contribution is -0.141. The third kappa shape index (κ3) is 2.21. The van der Waals surface area contributed by atoms with Gasteiger partial charge in [-0.05, 0) is 24.6 Å². The zero-order valence-electron chi connectivity index (χ0n) is 9.57. The summed E-state index contributed by atoms with van der Waals surface area (Å²) in [5.74, 6) is 0.327. The Morgan fingerprint density at radius 1 is 1.33 bits per heavy atom. The topological polar surface area (TPSA) is 56.7 Å². The molecule has 4 nitrogen and oxygen atoms in total. The number of alkyl halides is 3. The largest absolute Gasteiger partial charge is 0.435 e. The highest BCUT2D eigenvalue weighted by molar-refractivity contribution is 5.38. The summed E-state index contributed by atoms with van der Waals surface area (Å²) in [5.41, 5.74) is 6.17. The van der Waals surface area contributed by atoms with Crippen molar-refractivity contribution in [2.75, 3.05) is 0 Å². The molecule has 7 heteroatoms. The molecule has 2 N–H and O–H groups in total. The Labute approximate surface area is 101 Å². The summed E-state index contributed by atoms with van der Waals surface area (Å²) in [6.07, 6.45) is -1.72. The highest BCUT2D eigenvalue weighted by Gasteiger charge is 2.33. The number of aromatic nitrogens is 3. The minimum atomic E-state index is -4.46. The molecular formula is C11H11F3N4. The molecule has 2 rings (SSSR count). The molecule has 0 radical (unpaired) electrons. The van der Waals surface area contributed by atoms with Gasteiger partial charge in [0.2, 0.25) is 0 Å². The molecule has 2 aromatic heterocycles. The Bertz CT molecular complexity index is 560. The summed E-state index contributed by atoms with van der Waals surface area (Å²) in [5, 5.41) is 3.48. The first-order valence-electron chi connectivity index (χ1n) is 5.21. The number of aryl methyl sites for hydroxylation is 1. The van der Waals surface area contributed by atoms with E-state index in [-0.39, 0.29) is 6.54 Å². The minimum absolute atomic E-state index is 0.191. The van der Waals surface area contributed by atoms with Crippen LogP contribution >= 0.6 is 0 Å². The fourth-order valence-corrected chi connectivity index (χ4v) is 1.62. The average Bonchev–Trinajstić information content (AvgIpc) is 2.77. The molecule has 0 aliphatic carbocycles. The molecule has 0 bridgehead atoms. The lowest BCUT2D eigenvalue weighted by atomic mass is 10.1. The van der Waals surface area contributed by atoms with Gasteiger partial charge in [0, 0.05) is 24.5 Å². The first-order chi connectivity index (χ1) is 8.43. The van der Waals surface area contributed by atoms with Crippen LogP contribution in [0.3, 0.4) is 0 Å². The lowest BCUT2D eigenvalue weighted by Gasteiger charge is -2.09. The predicted molar refractivity (Wildman–Crippen MR) is 59.0 cm³/mol. The Hall–Kier alpha value is -1.89. The molecular weight excluding hydrogens is 245 g/mol. The zero-order valence-corrected chi connectivity index (χ0v) is 9.57. The van der Waals surface area contributed by atoms with Crippen molar-refractivity contribution in [2.24, 2.45) is 5.73 Å². The van der Waals surface area contributed by atoms with Crippen LogP contribution in [0.4, 0.5) is 13.2 Å². The number of hydrogen-bond acceptors (Lipinski definition) is 3. The summed E-state index contributed by atoms with van der Waals surface area (Å²) >= 11 is 0. The van der Waals surface area contributed by atoms with E-state index < -0.39 is 11.9 Å². The third-order valence-electron chi connectivity index (χ3n) is 2.57. The average molecular weight is 256 g/mol. The van der Waals surface area contributed by atoms with E-state index >= 15 is 0 Å². The number of rotatable bonds is 2. The minimum Gasteiger partial charge on any atom is -0.326 e. The number of nitrogens with two attached hydrogens (primary N) is 1. The van der Waals surface area contributed by atoms with Gasteiger partial charge >= 0.3 is 6.18 Å². The van der Waals surface area contributed by atoms with Crippen LogP contribution in [-0.4, -0.2) is 14.8 Å². The van der Waals surface area contributed by atoms with E-state index in [1.807, 2.05) is 6.92 Å². The van der Waals surface area contributed by atoms with Gasteiger partial charge in [-0.2, -0.15) is 18.3 Å². The Morgan fingerprint density at radius 3 is 2.61 bits per heavy atom. The van der Waals surface area contributed by atoms with Crippen LogP contribution < -0.4 is 5.73 Å². The van der Waals surface area contributed by atoms with E-state index in [0.29, 0.717) is 11.4 Å². The maximum atomic E-state index is 12.5. The molecule has 0 spiro atoms. The predicted octanol–water partition coefficient (Wildman–Crippen LogP) is 2.05. The molecule has 0 unspecified atom stereocenters. The van der Waals surface area contributed by atoms with Crippen LogP contribution in [-0.2, 0) is 12.7 Å². The summed E-state index contributed by atoms with van der Waals surface area (Å²) in [6, 6.07) is 2.66. The quantitative estimate of drug-likeness (QED) is 0.894. The second-order valence-corrected chi connectivity index (χ2v) is 3.78. The number of halogens is 3. The second kappa shape index (κ2) is 4.41. The van der Waals surface area contributed by atoms with Crippen LogP contribution in [0, 0.1) is 6.92 Å². The summed E-state index contributed by atoms with van der Waals surface area (Å²) < 4.78 is 38.5. The molecule has 0 aliphatic heterocycles. The van der Waals surface area contributed by atoms with Crippen LogP contribution in [0.5, 0.6) is 0 Å². The van der Waals surface area contributed by atoms with Crippen molar-refractivity contribution < 1.29 is 13.2 Å². The van der Waals surface area contributed by atoms with E-state index in [0.717, 1.165) is 16.3 Å². The molecule has 2 heterocycles. The van der Waals surface area contributed by atoms with Crippen molar-refractivity contribution >= 4 is 0 Å². The van der Waals surface area contributed by atoms with Crippen LogP contribution in [0.25, 0.3) is 5.82 Å². The number of nitrogens with zero attached hydrogens (tertiary/aromatic N) is 3. The van der Waals surface area contributed by atoms with Gasteiger partial charge in [0.25, 0.3) is 0 Å². The fourth-order valence-electron chi connectivity index (χ4n) is 1.62. The van der Waals surface area contributed by atoms with Crippen molar-refractivity contribution in [2.45, 2.75) is 19.6 Å². The Morgan fingerprint density at radius 2 is 2.06 bits per heavy atom. The van der Waals surface area contributed by atoms with Gasteiger partial charge in [-0.3, -0.25) is 0 Å². The van der Waals surface area contributed by atoms with E-state index in [4.69, 9.17) is 5.73 Å². The van der Waals surface area contributed by atoms with Gasteiger partial charge in [0.15, 0.2) is 11.5 Å². The lowest BCUT2D eigenvalue weighted by Crippen LogP contribution is -2.11. The highest BCUT2D eigenvalue weighted by Crippen LogP contribution is 2.28. The first kappa shape index (κ1) is 12.6. The summed E-state index contributed by atoms with van der Waals surface area (Å²) in [6.45, 7) is 2.01. The first-order valence-corrected chi connectivity index (χ1v) is 5.21.